The highest BCUT2D eigenvalue weighted by Crippen LogP contribution is 2.12. The van der Waals surface area contributed by atoms with E-state index in [-0.39, 0.29) is 17.7 Å². The van der Waals surface area contributed by atoms with Crippen LogP contribution in [0.1, 0.15) is 30.6 Å². The molecular weight excluding hydrogens is 246 g/mol. The van der Waals surface area contributed by atoms with E-state index in [4.69, 9.17) is 9.84 Å². The lowest BCUT2D eigenvalue weighted by Gasteiger charge is -2.27. The fourth-order valence-electron chi connectivity index (χ4n) is 1.51. The summed E-state index contributed by atoms with van der Waals surface area (Å²) in [5.41, 5.74) is -0.0411. The highest BCUT2D eigenvalue weighted by Gasteiger charge is 2.19. The summed E-state index contributed by atoms with van der Waals surface area (Å²) in [7, 11) is 0. The van der Waals surface area contributed by atoms with Crippen LogP contribution in [-0.2, 0) is 0 Å². The number of hydrogen-bond donors (Lipinski definition) is 3. The zero-order valence-corrected chi connectivity index (χ0v) is 11.3. The predicted octanol–water partition coefficient (Wildman–Crippen LogP) is 1.51. The van der Waals surface area contributed by atoms with Gasteiger partial charge < -0.3 is 20.3 Å². The van der Waals surface area contributed by atoms with Crippen molar-refractivity contribution in [3.63, 3.8) is 0 Å². The quantitative estimate of drug-likeness (QED) is 0.622. The Kier molecular flexibility index (Phi) is 5.79. The van der Waals surface area contributed by atoms with E-state index in [9.17, 15) is 9.90 Å². The molecule has 5 heteroatoms. The third-order valence-electron chi connectivity index (χ3n) is 3.15. The summed E-state index contributed by atoms with van der Waals surface area (Å²) in [6, 6.07) is 6.28. The van der Waals surface area contributed by atoms with Gasteiger partial charge >= 0.3 is 5.97 Å². The number of rotatable bonds is 8. The van der Waals surface area contributed by atoms with Crippen molar-refractivity contribution in [3.8, 4) is 5.75 Å². The van der Waals surface area contributed by atoms with Crippen molar-refractivity contribution >= 4 is 5.97 Å². The summed E-state index contributed by atoms with van der Waals surface area (Å²) in [4.78, 5) is 10.7. The molecular formula is C14H21NO4. The van der Waals surface area contributed by atoms with Gasteiger partial charge in [0.25, 0.3) is 0 Å². The molecule has 0 fully saturated rings. The number of nitrogens with one attached hydrogen (secondary N) is 1. The molecule has 106 valence electrons. The Labute approximate surface area is 113 Å². The minimum Gasteiger partial charge on any atom is -0.492 e. The Hall–Kier alpha value is -1.59. The largest absolute Gasteiger partial charge is 0.492 e. The minimum absolute atomic E-state index is 0.0802. The van der Waals surface area contributed by atoms with Crippen LogP contribution in [0.4, 0.5) is 0 Å². The molecule has 0 aliphatic heterocycles. The van der Waals surface area contributed by atoms with Crippen LogP contribution in [0.5, 0.6) is 5.75 Å². The molecule has 0 amide bonds. The lowest BCUT2D eigenvalue weighted by molar-refractivity contribution is 0.0697. The van der Waals surface area contributed by atoms with Crippen molar-refractivity contribution in [3.05, 3.63) is 29.8 Å². The average molecular weight is 267 g/mol. The molecule has 0 saturated carbocycles. The van der Waals surface area contributed by atoms with Crippen molar-refractivity contribution in [1.29, 1.82) is 0 Å². The van der Waals surface area contributed by atoms with E-state index in [1.54, 1.807) is 12.1 Å². The third-order valence-corrected chi connectivity index (χ3v) is 3.15. The van der Waals surface area contributed by atoms with Crippen molar-refractivity contribution in [2.75, 3.05) is 19.8 Å². The lowest BCUT2D eigenvalue weighted by Crippen LogP contribution is -2.46. The Morgan fingerprint density at radius 3 is 2.47 bits per heavy atom. The molecule has 1 atom stereocenters. The van der Waals surface area contributed by atoms with Crippen LogP contribution in [0.15, 0.2) is 24.3 Å². The average Bonchev–Trinajstić information content (AvgIpc) is 2.44. The highest BCUT2D eigenvalue weighted by atomic mass is 16.5. The number of aliphatic hydroxyl groups excluding tert-OH is 1. The molecule has 0 saturated heterocycles. The smallest absolute Gasteiger partial charge is 0.335 e. The van der Waals surface area contributed by atoms with Crippen molar-refractivity contribution in [1.82, 2.24) is 5.32 Å². The van der Waals surface area contributed by atoms with Gasteiger partial charge in [0, 0.05) is 12.1 Å². The van der Waals surface area contributed by atoms with E-state index in [1.165, 1.54) is 12.1 Å². The van der Waals surface area contributed by atoms with Gasteiger partial charge in [-0.25, -0.2) is 4.79 Å². The topological polar surface area (TPSA) is 78.8 Å². The van der Waals surface area contributed by atoms with E-state index in [0.717, 1.165) is 6.42 Å². The van der Waals surface area contributed by atoms with Gasteiger partial charge in [-0.1, -0.05) is 6.92 Å². The molecule has 0 heterocycles. The second-order valence-corrected chi connectivity index (χ2v) is 4.68. The predicted molar refractivity (Wildman–Crippen MR) is 72.7 cm³/mol. The molecule has 0 aliphatic rings. The Balaban J connectivity index is 2.35. The molecule has 1 aromatic carbocycles. The molecule has 3 N–H and O–H groups in total. The maximum absolute atomic E-state index is 10.7. The summed E-state index contributed by atoms with van der Waals surface area (Å²) in [6.45, 7) is 5.12. The highest BCUT2D eigenvalue weighted by molar-refractivity contribution is 5.87. The van der Waals surface area contributed by atoms with E-state index in [1.807, 2.05) is 13.8 Å². The SMILES string of the molecule is CCC(C)(CO)NCCOc1ccc(C(=O)O)cc1. The summed E-state index contributed by atoms with van der Waals surface area (Å²) < 4.78 is 5.49. The molecule has 0 spiro atoms. The van der Waals surface area contributed by atoms with Crippen molar-refractivity contribution < 1.29 is 19.7 Å². The van der Waals surface area contributed by atoms with E-state index < -0.39 is 5.97 Å². The Morgan fingerprint density at radius 1 is 1.37 bits per heavy atom. The Morgan fingerprint density at radius 2 is 2.00 bits per heavy atom. The van der Waals surface area contributed by atoms with Crippen LogP contribution in [0.3, 0.4) is 0 Å². The molecule has 1 aromatic rings. The minimum atomic E-state index is -0.949. The Bertz CT molecular complexity index is 398. The lowest BCUT2D eigenvalue weighted by atomic mass is 10.0. The fraction of sp³-hybridized carbons (Fsp3) is 0.500. The molecule has 0 radical (unpaired) electrons. The van der Waals surface area contributed by atoms with Crippen molar-refractivity contribution in [2.24, 2.45) is 0 Å². The first-order chi connectivity index (χ1) is 9.00. The van der Waals surface area contributed by atoms with Crippen LogP contribution in [0.2, 0.25) is 0 Å². The molecule has 0 aromatic heterocycles. The van der Waals surface area contributed by atoms with Crippen LogP contribution in [0.25, 0.3) is 0 Å². The van der Waals surface area contributed by atoms with Gasteiger partial charge in [0.1, 0.15) is 12.4 Å². The zero-order valence-electron chi connectivity index (χ0n) is 11.3. The second-order valence-electron chi connectivity index (χ2n) is 4.68. The molecule has 1 unspecified atom stereocenters. The summed E-state index contributed by atoms with van der Waals surface area (Å²) in [6.07, 6.45) is 0.830. The second kappa shape index (κ2) is 7.11. The zero-order chi connectivity index (χ0) is 14.3. The van der Waals surface area contributed by atoms with Gasteiger partial charge in [-0.3, -0.25) is 0 Å². The monoisotopic (exact) mass is 267 g/mol. The molecule has 1 rings (SSSR count). The van der Waals surface area contributed by atoms with Gasteiger partial charge in [0.15, 0.2) is 0 Å². The number of carbonyl (C=O) groups is 1. The third kappa shape index (κ3) is 4.89. The number of aliphatic hydroxyl groups is 1. The first kappa shape index (κ1) is 15.5. The van der Waals surface area contributed by atoms with Crippen LogP contribution in [-0.4, -0.2) is 41.5 Å². The maximum Gasteiger partial charge on any atom is 0.335 e. The van der Waals surface area contributed by atoms with Crippen molar-refractivity contribution in [2.45, 2.75) is 25.8 Å². The normalized spacial score (nSPS) is 13.8. The van der Waals surface area contributed by atoms with Gasteiger partial charge in [-0.15, -0.1) is 0 Å². The van der Waals surface area contributed by atoms with Gasteiger partial charge in [-0.05, 0) is 37.6 Å². The molecule has 0 bridgehead atoms. The number of ether oxygens (including phenoxy) is 1. The number of benzene rings is 1. The van der Waals surface area contributed by atoms with E-state index >= 15 is 0 Å². The first-order valence-corrected chi connectivity index (χ1v) is 6.33. The van der Waals surface area contributed by atoms with Crippen LogP contribution < -0.4 is 10.1 Å². The van der Waals surface area contributed by atoms with E-state index in [0.29, 0.717) is 18.9 Å². The molecule has 5 nitrogen and oxygen atoms in total. The molecule has 0 aliphatic carbocycles. The fourth-order valence-corrected chi connectivity index (χ4v) is 1.51. The number of carboxylic acids is 1. The standard InChI is InChI=1S/C14H21NO4/c1-3-14(2,10-16)15-8-9-19-12-6-4-11(5-7-12)13(17)18/h4-7,15-16H,3,8-10H2,1-2H3,(H,17,18). The first-order valence-electron chi connectivity index (χ1n) is 6.33. The van der Waals surface area contributed by atoms with Crippen LogP contribution in [0, 0.1) is 0 Å². The van der Waals surface area contributed by atoms with Gasteiger partial charge in [0.05, 0.1) is 12.2 Å². The maximum atomic E-state index is 10.7. The number of aromatic carboxylic acids is 1. The summed E-state index contributed by atoms with van der Waals surface area (Å²) in [5, 5.41) is 21.2. The van der Waals surface area contributed by atoms with Crippen LogP contribution >= 0.6 is 0 Å². The van der Waals surface area contributed by atoms with E-state index in [2.05, 4.69) is 5.32 Å². The van der Waals surface area contributed by atoms with Gasteiger partial charge in [0.2, 0.25) is 0 Å². The number of carboxylic acid groups (broad SMARTS) is 1. The summed E-state index contributed by atoms with van der Waals surface area (Å²) in [5.74, 6) is -0.316. The molecule has 19 heavy (non-hydrogen) atoms. The summed E-state index contributed by atoms with van der Waals surface area (Å²) >= 11 is 0. The number of hydrogen-bond acceptors (Lipinski definition) is 4. The van der Waals surface area contributed by atoms with Gasteiger partial charge in [-0.2, -0.15) is 0 Å².